The van der Waals surface area contributed by atoms with Crippen LogP contribution >= 0.6 is 12.2 Å². The van der Waals surface area contributed by atoms with Gasteiger partial charge in [-0.05, 0) is 49.8 Å². The van der Waals surface area contributed by atoms with Gasteiger partial charge in [0, 0.05) is 11.7 Å². The summed E-state index contributed by atoms with van der Waals surface area (Å²) in [6.45, 7) is 4.22. The lowest BCUT2D eigenvalue weighted by atomic mass is 10.2. The van der Waals surface area contributed by atoms with Gasteiger partial charge in [-0.2, -0.15) is 0 Å². The first-order valence-electron chi connectivity index (χ1n) is 5.45. The Morgan fingerprint density at radius 1 is 1.38 bits per heavy atom. The van der Waals surface area contributed by atoms with Gasteiger partial charge >= 0.3 is 0 Å². The highest BCUT2D eigenvalue weighted by atomic mass is 32.1. The molecule has 0 aliphatic rings. The monoisotopic (exact) mass is 240 g/mol. The highest BCUT2D eigenvalue weighted by Gasteiger charge is 2.02. The summed E-state index contributed by atoms with van der Waals surface area (Å²) in [5, 5.41) is 6.76. The molecule has 0 unspecified atom stereocenters. The molecule has 1 atom stereocenters. The van der Waals surface area contributed by atoms with E-state index in [-0.39, 0.29) is 5.82 Å². The van der Waals surface area contributed by atoms with Crippen LogP contribution in [0.2, 0.25) is 0 Å². The molecule has 0 heterocycles. The van der Waals surface area contributed by atoms with Gasteiger partial charge in [-0.3, -0.25) is 0 Å². The van der Waals surface area contributed by atoms with Crippen molar-refractivity contribution in [2.45, 2.75) is 32.7 Å². The van der Waals surface area contributed by atoms with Crippen molar-refractivity contribution < 1.29 is 4.39 Å². The molecule has 2 nitrogen and oxygen atoms in total. The van der Waals surface area contributed by atoms with E-state index in [9.17, 15) is 4.39 Å². The molecule has 0 aliphatic carbocycles. The minimum atomic E-state index is -0.247. The molecule has 0 aliphatic heterocycles. The third-order valence-corrected chi connectivity index (χ3v) is 2.42. The van der Waals surface area contributed by atoms with Crippen molar-refractivity contribution >= 4 is 23.0 Å². The normalized spacial score (nSPS) is 11.9. The molecule has 0 saturated heterocycles. The predicted molar refractivity (Wildman–Crippen MR) is 70.1 cm³/mol. The van der Waals surface area contributed by atoms with Gasteiger partial charge in [0.25, 0.3) is 0 Å². The van der Waals surface area contributed by atoms with Crippen molar-refractivity contribution in [2.24, 2.45) is 0 Å². The minimum absolute atomic E-state index is 0.247. The Bertz CT molecular complexity index is 337. The van der Waals surface area contributed by atoms with E-state index in [1.807, 2.05) is 0 Å². The summed E-state index contributed by atoms with van der Waals surface area (Å²) in [6, 6.07) is 6.48. The fourth-order valence-corrected chi connectivity index (χ4v) is 1.75. The molecule has 0 aromatic heterocycles. The van der Waals surface area contributed by atoms with Crippen molar-refractivity contribution in [3.05, 3.63) is 30.1 Å². The maximum Gasteiger partial charge on any atom is 0.170 e. The van der Waals surface area contributed by atoms with Crippen molar-refractivity contribution in [1.29, 1.82) is 0 Å². The first kappa shape index (κ1) is 12.9. The number of nitrogens with one attached hydrogen (secondary N) is 2. The van der Waals surface area contributed by atoms with Crippen molar-refractivity contribution in [3.8, 4) is 0 Å². The number of rotatable bonds is 4. The van der Waals surface area contributed by atoms with E-state index < -0.39 is 0 Å². The van der Waals surface area contributed by atoms with Crippen LogP contribution in [0.4, 0.5) is 10.1 Å². The zero-order valence-electron chi connectivity index (χ0n) is 9.59. The maximum absolute atomic E-state index is 12.7. The summed E-state index contributed by atoms with van der Waals surface area (Å²) in [5.74, 6) is -0.247. The Morgan fingerprint density at radius 3 is 2.56 bits per heavy atom. The van der Waals surface area contributed by atoms with Crippen LogP contribution in [0.5, 0.6) is 0 Å². The number of anilines is 1. The second-order valence-electron chi connectivity index (χ2n) is 3.80. The molecule has 0 amide bonds. The quantitative estimate of drug-likeness (QED) is 0.790. The van der Waals surface area contributed by atoms with Gasteiger partial charge in [-0.1, -0.05) is 13.3 Å². The Hall–Kier alpha value is -1.16. The topological polar surface area (TPSA) is 24.1 Å². The van der Waals surface area contributed by atoms with E-state index >= 15 is 0 Å². The molecule has 1 rings (SSSR count). The molecule has 0 radical (unpaired) electrons. The Kier molecular flexibility index (Phi) is 5.19. The van der Waals surface area contributed by atoms with Crippen LogP contribution in [0.1, 0.15) is 26.7 Å². The fraction of sp³-hybridized carbons (Fsp3) is 0.417. The first-order valence-corrected chi connectivity index (χ1v) is 5.85. The van der Waals surface area contributed by atoms with Crippen LogP contribution in [0.3, 0.4) is 0 Å². The van der Waals surface area contributed by atoms with E-state index in [0.29, 0.717) is 11.2 Å². The molecule has 0 spiro atoms. The summed E-state index contributed by atoms with van der Waals surface area (Å²) in [4.78, 5) is 0. The number of thiocarbonyl (C=S) groups is 1. The van der Waals surface area contributed by atoms with Gasteiger partial charge in [0.1, 0.15) is 5.82 Å². The molecule has 88 valence electrons. The average molecular weight is 240 g/mol. The van der Waals surface area contributed by atoms with Gasteiger partial charge in [0.2, 0.25) is 0 Å². The zero-order chi connectivity index (χ0) is 12.0. The third-order valence-electron chi connectivity index (χ3n) is 2.20. The van der Waals surface area contributed by atoms with E-state index in [1.165, 1.54) is 12.1 Å². The number of benzene rings is 1. The molecule has 16 heavy (non-hydrogen) atoms. The van der Waals surface area contributed by atoms with E-state index in [2.05, 4.69) is 24.5 Å². The Morgan fingerprint density at radius 2 is 2.00 bits per heavy atom. The summed E-state index contributed by atoms with van der Waals surface area (Å²) in [5.41, 5.74) is 0.794. The SMILES string of the molecule is CCC[C@@H](C)NC(=S)Nc1ccc(F)cc1. The molecule has 0 bridgehead atoms. The number of halogens is 1. The van der Waals surface area contributed by atoms with Gasteiger partial charge < -0.3 is 10.6 Å². The first-order chi connectivity index (χ1) is 7.61. The second kappa shape index (κ2) is 6.43. The summed E-state index contributed by atoms with van der Waals surface area (Å²) in [7, 11) is 0. The summed E-state index contributed by atoms with van der Waals surface area (Å²) >= 11 is 5.14. The van der Waals surface area contributed by atoms with E-state index in [1.54, 1.807) is 12.1 Å². The Labute approximate surface area is 101 Å². The third kappa shape index (κ3) is 4.57. The molecule has 1 aromatic carbocycles. The van der Waals surface area contributed by atoms with Gasteiger partial charge in [0.15, 0.2) is 5.11 Å². The predicted octanol–water partition coefficient (Wildman–Crippen LogP) is 3.30. The van der Waals surface area contributed by atoms with E-state index in [0.717, 1.165) is 18.5 Å². The molecular weight excluding hydrogens is 223 g/mol. The molecule has 0 fully saturated rings. The molecular formula is C12H17FN2S. The van der Waals surface area contributed by atoms with Crippen LogP contribution in [0, 0.1) is 5.82 Å². The minimum Gasteiger partial charge on any atom is -0.360 e. The zero-order valence-corrected chi connectivity index (χ0v) is 10.4. The van der Waals surface area contributed by atoms with Crippen LogP contribution in [0.25, 0.3) is 0 Å². The average Bonchev–Trinajstić information content (AvgIpc) is 2.21. The highest BCUT2D eigenvalue weighted by Crippen LogP contribution is 2.08. The summed E-state index contributed by atoms with van der Waals surface area (Å²) in [6.07, 6.45) is 2.19. The van der Waals surface area contributed by atoms with Crippen LogP contribution in [-0.2, 0) is 0 Å². The lowest BCUT2D eigenvalue weighted by Gasteiger charge is -2.16. The van der Waals surface area contributed by atoms with Gasteiger partial charge in [0.05, 0.1) is 0 Å². The fourth-order valence-electron chi connectivity index (χ4n) is 1.43. The van der Waals surface area contributed by atoms with Crippen LogP contribution in [0.15, 0.2) is 24.3 Å². The maximum atomic E-state index is 12.7. The number of hydrogen-bond acceptors (Lipinski definition) is 1. The van der Waals surface area contributed by atoms with E-state index in [4.69, 9.17) is 12.2 Å². The molecule has 4 heteroatoms. The molecule has 2 N–H and O–H groups in total. The largest absolute Gasteiger partial charge is 0.360 e. The molecule has 0 saturated carbocycles. The lowest BCUT2D eigenvalue weighted by molar-refractivity contribution is 0.599. The van der Waals surface area contributed by atoms with Crippen LogP contribution < -0.4 is 10.6 Å². The van der Waals surface area contributed by atoms with Crippen molar-refractivity contribution in [3.63, 3.8) is 0 Å². The highest BCUT2D eigenvalue weighted by molar-refractivity contribution is 7.80. The van der Waals surface area contributed by atoms with Crippen molar-refractivity contribution in [1.82, 2.24) is 5.32 Å². The van der Waals surface area contributed by atoms with Gasteiger partial charge in [-0.25, -0.2) is 4.39 Å². The van der Waals surface area contributed by atoms with Crippen LogP contribution in [-0.4, -0.2) is 11.2 Å². The standard InChI is InChI=1S/C12H17FN2S/c1-3-4-9(2)14-12(16)15-11-7-5-10(13)6-8-11/h5-9H,3-4H2,1-2H3,(H2,14,15,16)/t9-/m1/s1. The van der Waals surface area contributed by atoms with Gasteiger partial charge in [-0.15, -0.1) is 0 Å². The smallest absolute Gasteiger partial charge is 0.170 e. The van der Waals surface area contributed by atoms with Crippen molar-refractivity contribution in [2.75, 3.05) is 5.32 Å². The summed E-state index contributed by atoms with van der Waals surface area (Å²) < 4.78 is 12.7. The number of hydrogen-bond donors (Lipinski definition) is 2. The second-order valence-corrected chi connectivity index (χ2v) is 4.20. The molecule has 1 aromatic rings. The Balaban J connectivity index is 2.42. The lowest BCUT2D eigenvalue weighted by Crippen LogP contribution is -2.35.